The van der Waals surface area contributed by atoms with E-state index in [2.05, 4.69) is 0 Å². The van der Waals surface area contributed by atoms with E-state index < -0.39 is 17.3 Å². The molecule has 72 valence electrons. The Bertz CT molecular complexity index is 230. The fourth-order valence-electron chi connectivity index (χ4n) is 0.802. The van der Waals surface area contributed by atoms with Crippen molar-refractivity contribution >= 4 is 23.6 Å². The van der Waals surface area contributed by atoms with Gasteiger partial charge in [0.15, 0.2) is 23.6 Å². The molecule has 0 aliphatic carbocycles. The highest BCUT2D eigenvalue weighted by Gasteiger charge is 2.13. The summed E-state index contributed by atoms with van der Waals surface area (Å²) in [6.07, 6.45) is 0.700. The van der Waals surface area contributed by atoms with Gasteiger partial charge in [0.05, 0.1) is 0 Å². The Kier molecular flexibility index (Phi) is 5.59. The summed E-state index contributed by atoms with van der Waals surface area (Å²) in [5.74, 6) is -1.66. The minimum absolute atomic E-state index is 0.142. The molecule has 0 rings (SSSR count). The first-order chi connectivity index (χ1) is 6.11. The molecule has 0 saturated carbocycles. The summed E-state index contributed by atoms with van der Waals surface area (Å²) in [6, 6.07) is 0. The van der Waals surface area contributed by atoms with Crippen molar-refractivity contribution in [2.24, 2.45) is 0 Å². The van der Waals surface area contributed by atoms with Gasteiger partial charge in [-0.05, 0) is 6.42 Å². The molecular weight excluding hydrogens is 172 g/mol. The lowest BCUT2D eigenvalue weighted by molar-refractivity contribution is -0.137. The van der Waals surface area contributed by atoms with Crippen molar-refractivity contribution in [3.05, 3.63) is 0 Å². The summed E-state index contributed by atoms with van der Waals surface area (Å²) in [7, 11) is 0. The largest absolute Gasteiger partial charge is 0.295 e. The average Bonchev–Trinajstić information content (AvgIpc) is 2.13. The zero-order chi connectivity index (χ0) is 10.3. The van der Waals surface area contributed by atoms with Crippen molar-refractivity contribution in [1.29, 1.82) is 0 Å². The van der Waals surface area contributed by atoms with Gasteiger partial charge in [0.2, 0.25) is 0 Å². The second-order valence-corrected chi connectivity index (χ2v) is 2.68. The highest BCUT2D eigenvalue weighted by molar-refractivity contribution is 6.38. The number of carbonyl (C=O) groups excluding carboxylic acids is 4. The van der Waals surface area contributed by atoms with Crippen LogP contribution in [0.1, 0.15) is 32.6 Å². The fourth-order valence-corrected chi connectivity index (χ4v) is 0.802. The second-order valence-electron chi connectivity index (χ2n) is 2.68. The van der Waals surface area contributed by atoms with E-state index in [1.54, 1.807) is 6.92 Å². The van der Waals surface area contributed by atoms with Gasteiger partial charge in [0.1, 0.15) is 0 Å². The van der Waals surface area contributed by atoms with Crippen molar-refractivity contribution < 1.29 is 19.2 Å². The van der Waals surface area contributed by atoms with E-state index >= 15 is 0 Å². The van der Waals surface area contributed by atoms with Gasteiger partial charge >= 0.3 is 0 Å². The van der Waals surface area contributed by atoms with Gasteiger partial charge in [-0.2, -0.15) is 0 Å². The Morgan fingerprint density at radius 2 is 1.54 bits per heavy atom. The summed E-state index contributed by atoms with van der Waals surface area (Å²) in [4.78, 5) is 42.2. The van der Waals surface area contributed by atoms with Crippen molar-refractivity contribution in [3.63, 3.8) is 0 Å². The van der Waals surface area contributed by atoms with Crippen molar-refractivity contribution in [2.75, 3.05) is 0 Å². The summed E-state index contributed by atoms with van der Waals surface area (Å²) in [5, 5.41) is 0. The number of rotatable bonds is 7. The highest BCUT2D eigenvalue weighted by Crippen LogP contribution is 1.97. The zero-order valence-electron chi connectivity index (χ0n) is 7.54. The van der Waals surface area contributed by atoms with Gasteiger partial charge in [0, 0.05) is 19.3 Å². The van der Waals surface area contributed by atoms with Gasteiger partial charge in [-0.3, -0.25) is 19.2 Å². The molecule has 0 spiro atoms. The van der Waals surface area contributed by atoms with Crippen LogP contribution in [0, 0.1) is 0 Å². The monoisotopic (exact) mass is 184 g/mol. The molecule has 0 aliphatic heterocycles. The van der Waals surface area contributed by atoms with Crippen LogP contribution in [0.2, 0.25) is 0 Å². The molecule has 0 radical (unpaired) electrons. The first kappa shape index (κ1) is 11.7. The van der Waals surface area contributed by atoms with E-state index in [4.69, 9.17) is 0 Å². The van der Waals surface area contributed by atoms with E-state index in [0.717, 1.165) is 0 Å². The molecule has 0 saturated heterocycles. The summed E-state index contributed by atoms with van der Waals surface area (Å²) >= 11 is 0. The number of Topliss-reactive ketones (excluding diaryl/α,β-unsaturated/α-hetero) is 3. The van der Waals surface area contributed by atoms with Crippen molar-refractivity contribution in [1.82, 2.24) is 0 Å². The lowest BCUT2D eigenvalue weighted by Crippen LogP contribution is -2.14. The molecule has 0 fully saturated rings. The smallest absolute Gasteiger partial charge is 0.198 e. The number of carbonyl (C=O) groups is 4. The number of hydrogen-bond donors (Lipinski definition) is 0. The molecule has 0 amide bonds. The molecule has 0 aromatic carbocycles. The number of aldehydes is 1. The maximum absolute atomic E-state index is 10.9. The Labute approximate surface area is 76.3 Å². The third-order valence-corrected chi connectivity index (χ3v) is 1.52. The third-order valence-electron chi connectivity index (χ3n) is 1.52. The number of ketones is 3. The maximum atomic E-state index is 10.9. The van der Waals surface area contributed by atoms with Crippen LogP contribution in [-0.2, 0) is 19.2 Å². The third kappa shape index (κ3) is 5.00. The van der Waals surface area contributed by atoms with Gasteiger partial charge < -0.3 is 0 Å². The minimum atomic E-state index is -0.641. The first-order valence-corrected chi connectivity index (χ1v) is 4.15. The lowest BCUT2D eigenvalue weighted by Gasteiger charge is -1.95. The Morgan fingerprint density at radius 1 is 1.00 bits per heavy atom. The Morgan fingerprint density at radius 3 is 2.00 bits per heavy atom. The summed E-state index contributed by atoms with van der Waals surface area (Å²) in [6.45, 7) is 1.79. The van der Waals surface area contributed by atoms with E-state index in [1.165, 1.54) is 0 Å². The van der Waals surface area contributed by atoms with Crippen LogP contribution in [0.15, 0.2) is 0 Å². The molecule has 13 heavy (non-hydrogen) atoms. The summed E-state index contributed by atoms with van der Waals surface area (Å²) < 4.78 is 0. The minimum Gasteiger partial charge on any atom is -0.295 e. The normalized spacial score (nSPS) is 9.31. The van der Waals surface area contributed by atoms with Crippen LogP contribution >= 0.6 is 0 Å². The standard InChI is InChI=1S/C9H12O4/c1-2-3-8(12)9(13)5-4-7(11)6-10/h6H,2-5H2,1H3. The molecule has 0 aromatic rings. The second kappa shape index (κ2) is 6.22. The van der Waals surface area contributed by atoms with Gasteiger partial charge in [-0.15, -0.1) is 0 Å². The Balaban J connectivity index is 3.80. The van der Waals surface area contributed by atoms with Gasteiger partial charge in [0.25, 0.3) is 0 Å². The van der Waals surface area contributed by atoms with Crippen LogP contribution in [0.3, 0.4) is 0 Å². The highest BCUT2D eigenvalue weighted by atomic mass is 16.2. The lowest BCUT2D eigenvalue weighted by atomic mass is 10.1. The van der Waals surface area contributed by atoms with Crippen molar-refractivity contribution in [3.8, 4) is 0 Å². The summed E-state index contributed by atoms with van der Waals surface area (Å²) in [5.41, 5.74) is 0. The van der Waals surface area contributed by atoms with Gasteiger partial charge in [-0.25, -0.2) is 0 Å². The topological polar surface area (TPSA) is 68.3 Å². The van der Waals surface area contributed by atoms with E-state index in [0.29, 0.717) is 6.42 Å². The molecule has 0 heterocycles. The van der Waals surface area contributed by atoms with E-state index in [1.807, 2.05) is 0 Å². The molecular formula is C9H12O4. The first-order valence-electron chi connectivity index (χ1n) is 4.15. The molecule has 0 unspecified atom stereocenters. The Hall–Kier alpha value is -1.32. The van der Waals surface area contributed by atoms with Crippen LogP contribution in [0.5, 0.6) is 0 Å². The zero-order valence-corrected chi connectivity index (χ0v) is 7.54. The van der Waals surface area contributed by atoms with Crippen LogP contribution in [-0.4, -0.2) is 23.6 Å². The SMILES string of the molecule is CCCC(=O)C(=O)CCC(=O)C=O. The number of hydrogen-bond acceptors (Lipinski definition) is 4. The van der Waals surface area contributed by atoms with Crippen LogP contribution in [0.4, 0.5) is 0 Å². The predicted octanol–water partition coefficient (Wildman–Crippen LogP) is 0.473. The van der Waals surface area contributed by atoms with E-state index in [9.17, 15) is 19.2 Å². The quantitative estimate of drug-likeness (QED) is 0.426. The molecule has 0 atom stereocenters. The van der Waals surface area contributed by atoms with Gasteiger partial charge in [-0.1, -0.05) is 6.92 Å². The molecule has 4 heteroatoms. The predicted molar refractivity (Wildman–Crippen MR) is 45.2 cm³/mol. The van der Waals surface area contributed by atoms with Crippen molar-refractivity contribution in [2.45, 2.75) is 32.6 Å². The maximum Gasteiger partial charge on any atom is 0.198 e. The average molecular weight is 184 g/mol. The molecule has 0 N–H and O–H groups in total. The van der Waals surface area contributed by atoms with Crippen LogP contribution in [0.25, 0.3) is 0 Å². The van der Waals surface area contributed by atoms with E-state index in [-0.39, 0.29) is 25.5 Å². The van der Waals surface area contributed by atoms with Crippen LogP contribution < -0.4 is 0 Å². The molecule has 0 aliphatic rings. The fraction of sp³-hybridized carbons (Fsp3) is 0.556. The molecule has 0 bridgehead atoms. The molecule has 0 aromatic heterocycles. The molecule has 4 nitrogen and oxygen atoms in total.